The van der Waals surface area contributed by atoms with Crippen molar-refractivity contribution in [2.24, 2.45) is 5.92 Å². The Labute approximate surface area is 131 Å². The Hall–Kier alpha value is -0.700. The zero-order valence-corrected chi connectivity index (χ0v) is 13.8. The van der Waals surface area contributed by atoms with Crippen LogP contribution in [-0.4, -0.2) is 39.0 Å². The number of nitrogen functional groups attached to an aromatic ring is 1. The van der Waals surface area contributed by atoms with Crippen molar-refractivity contribution in [2.75, 3.05) is 25.4 Å². The minimum atomic E-state index is -3.75. The average Bonchev–Trinajstić information content (AvgIpc) is 2.43. The minimum Gasteiger partial charge on any atom is -0.398 e. The normalized spacial score (nSPS) is 28.8. The number of rotatable bonds is 3. The number of fused-ring (bicyclic) bond motifs is 3. The second-order valence-corrected chi connectivity index (χ2v) is 8.21. The van der Waals surface area contributed by atoms with Gasteiger partial charge in [0, 0.05) is 12.6 Å². The highest BCUT2D eigenvalue weighted by Gasteiger charge is 2.37. The van der Waals surface area contributed by atoms with Crippen molar-refractivity contribution in [3.63, 3.8) is 0 Å². The Balaban J connectivity index is 1.86. The van der Waals surface area contributed by atoms with E-state index in [1.807, 2.05) is 0 Å². The summed E-state index contributed by atoms with van der Waals surface area (Å²) in [4.78, 5) is 2.18. The van der Waals surface area contributed by atoms with Crippen LogP contribution in [0.1, 0.15) is 12.8 Å². The molecule has 0 radical (unpaired) electrons. The van der Waals surface area contributed by atoms with E-state index >= 15 is 0 Å². The van der Waals surface area contributed by atoms with E-state index < -0.39 is 15.8 Å². The molecule has 0 spiro atoms. The maximum Gasteiger partial charge on any atom is 0.242 e. The van der Waals surface area contributed by atoms with E-state index in [0.29, 0.717) is 5.92 Å². The maximum absolute atomic E-state index is 13.4. The van der Waals surface area contributed by atoms with Crippen LogP contribution in [0.2, 0.25) is 0 Å². The minimum absolute atomic E-state index is 0.0766. The Bertz CT molecular complexity index is 660. The smallest absolute Gasteiger partial charge is 0.242 e. The van der Waals surface area contributed by atoms with E-state index in [0.717, 1.165) is 38.5 Å². The van der Waals surface area contributed by atoms with Gasteiger partial charge in [-0.05, 0) is 59.9 Å². The summed E-state index contributed by atoms with van der Waals surface area (Å²) in [6, 6.07) is 2.14. The number of piperidine rings is 3. The Kier molecular flexibility index (Phi) is 3.98. The molecule has 3 aliphatic rings. The molecule has 3 saturated heterocycles. The van der Waals surface area contributed by atoms with Crippen LogP contribution in [-0.2, 0) is 10.0 Å². The highest BCUT2D eigenvalue weighted by molar-refractivity contribution is 9.10. The summed E-state index contributed by atoms with van der Waals surface area (Å²) in [6.45, 7) is 2.80. The molecule has 8 heteroatoms. The quantitative estimate of drug-likeness (QED) is 0.783. The van der Waals surface area contributed by atoms with E-state index in [1.54, 1.807) is 0 Å². The number of hydrogen-bond donors (Lipinski definition) is 2. The summed E-state index contributed by atoms with van der Waals surface area (Å²) in [5, 5.41) is 0. The number of benzene rings is 1. The molecule has 21 heavy (non-hydrogen) atoms. The van der Waals surface area contributed by atoms with Gasteiger partial charge in [0.05, 0.1) is 10.2 Å². The number of nitrogens with two attached hydrogens (primary N) is 1. The van der Waals surface area contributed by atoms with Crippen molar-refractivity contribution in [2.45, 2.75) is 23.8 Å². The first-order valence-electron chi connectivity index (χ1n) is 6.86. The summed E-state index contributed by atoms with van der Waals surface area (Å²) in [7, 11) is -3.75. The maximum atomic E-state index is 13.4. The zero-order chi connectivity index (χ0) is 15.2. The molecular formula is C13H17BrFN3O2S. The molecule has 0 amide bonds. The molecule has 0 aliphatic carbocycles. The van der Waals surface area contributed by atoms with Crippen LogP contribution in [0.5, 0.6) is 0 Å². The molecule has 1 atom stereocenters. The molecule has 3 aliphatic heterocycles. The highest BCUT2D eigenvalue weighted by Crippen LogP contribution is 2.30. The van der Waals surface area contributed by atoms with Gasteiger partial charge in [0.25, 0.3) is 0 Å². The van der Waals surface area contributed by atoms with Crippen LogP contribution >= 0.6 is 15.9 Å². The fourth-order valence-corrected chi connectivity index (χ4v) is 5.07. The first-order chi connectivity index (χ1) is 9.87. The second kappa shape index (κ2) is 5.49. The molecule has 3 fully saturated rings. The fourth-order valence-electron chi connectivity index (χ4n) is 3.14. The number of nitrogens with zero attached hydrogens (tertiary/aromatic N) is 1. The van der Waals surface area contributed by atoms with Crippen LogP contribution in [0.3, 0.4) is 0 Å². The fraction of sp³-hybridized carbons (Fsp3) is 0.538. The van der Waals surface area contributed by atoms with Crippen molar-refractivity contribution in [3.8, 4) is 0 Å². The van der Waals surface area contributed by atoms with E-state index in [2.05, 4.69) is 25.6 Å². The number of hydrogen-bond acceptors (Lipinski definition) is 4. The molecule has 3 N–H and O–H groups in total. The van der Waals surface area contributed by atoms with Crippen LogP contribution in [0, 0.1) is 11.7 Å². The standard InChI is InChI=1S/C13H17BrFN3O2S/c14-9-5-13(11(16)6-10(9)15)21(19,20)17-12-7-18-3-1-8(12)2-4-18/h5-6,8,12,17H,1-4,7,16H2. The van der Waals surface area contributed by atoms with Crippen LogP contribution in [0.25, 0.3) is 0 Å². The molecule has 1 aromatic rings. The molecule has 0 aromatic heterocycles. The second-order valence-electron chi connectivity index (χ2n) is 5.67. The van der Waals surface area contributed by atoms with Gasteiger partial charge in [0.1, 0.15) is 10.7 Å². The number of anilines is 1. The summed E-state index contributed by atoms with van der Waals surface area (Å²) < 4.78 is 41.2. The van der Waals surface area contributed by atoms with Crippen molar-refractivity contribution < 1.29 is 12.8 Å². The Morgan fingerprint density at radius 3 is 2.57 bits per heavy atom. The van der Waals surface area contributed by atoms with Crippen molar-refractivity contribution in [3.05, 3.63) is 22.4 Å². The summed E-state index contributed by atoms with van der Waals surface area (Å²) in [5.41, 5.74) is 5.59. The van der Waals surface area contributed by atoms with Crippen LogP contribution < -0.4 is 10.5 Å². The molecule has 116 valence electrons. The first-order valence-corrected chi connectivity index (χ1v) is 9.13. The van der Waals surface area contributed by atoms with E-state index in [-0.39, 0.29) is 21.1 Å². The third-order valence-corrected chi connectivity index (χ3v) is 6.46. The van der Waals surface area contributed by atoms with Gasteiger partial charge in [-0.25, -0.2) is 17.5 Å². The predicted molar refractivity (Wildman–Crippen MR) is 81.8 cm³/mol. The van der Waals surface area contributed by atoms with Gasteiger partial charge in [-0.2, -0.15) is 0 Å². The van der Waals surface area contributed by atoms with Crippen molar-refractivity contribution in [1.82, 2.24) is 9.62 Å². The lowest BCUT2D eigenvalue weighted by atomic mass is 9.85. The number of halogens is 2. The van der Waals surface area contributed by atoms with Gasteiger partial charge in [-0.3, -0.25) is 0 Å². The van der Waals surface area contributed by atoms with E-state index in [9.17, 15) is 12.8 Å². The van der Waals surface area contributed by atoms with Gasteiger partial charge < -0.3 is 10.6 Å². The lowest BCUT2D eigenvalue weighted by molar-refractivity contribution is 0.0827. The third kappa shape index (κ3) is 2.94. The van der Waals surface area contributed by atoms with Gasteiger partial charge >= 0.3 is 0 Å². The van der Waals surface area contributed by atoms with Crippen molar-refractivity contribution >= 4 is 31.6 Å². The van der Waals surface area contributed by atoms with Gasteiger partial charge in [0.15, 0.2) is 0 Å². The SMILES string of the molecule is Nc1cc(F)c(Br)cc1S(=O)(=O)NC1CN2CCC1CC2. The number of sulfonamides is 1. The molecule has 4 rings (SSSR count). The zero-order valence-electron chi connectivity index (χ0n) is 11.4. The summed E-state index contributed by atoms with van der Waals surface area (Å²) in [6.07, 6.45) is 2.02. The van der Waals surface area contributed by atoms with Crippen molar-refractivity contribution in [1.29, 1.82) is 0 Å². The third-order valence-electron chi connectivity index (χ3n) is 4.30. The first kappa shape index (κ1) is 15.2. The van der Waals surface area contributed by atoms with E-state index in [4.69, 9.17) is 5.73 Å². The largest absolute Gasteiger partial charge is 0.398 e. The molecule has 3 heterocycles. The van der Waals surface area contributed by atoms with E-state index in [1.165, 1.54) is 6.07 Å². The Morgan fingerprint density at radius 2 is 2.00 bits per heavy atom. The lowest BCUT2D eigenvalue weighted by Crippen LogP contribution is -2.57. The molecule has 5 nitrogen and oxygen atoms in total. The van der Waals surface area contributed by atoms with Gasteiger partial charge in [-0.1, -0.05) is 0 Å². The molecule has 1 unspecified atom stereocenters. The monoisotopic (exact) mass is 377 g/mol. The average molecular weight is 378 g/mol. The highest BCUT2D eigenvalue weighted by atomic mass is 79.9. The van der Waals surface area contributed by atoms with Crippen LogP contribution in [0.4, 0.5) is 10.1 Å². The topological polar surface area (TPSA) is 75.4 Å². The number of nitrogens with one attached hydrogen (secondary N) is 1. The van der Waals surface area contributed by atoms with Gasteiger partial charge in [0.2, 0.25) is 10.0 Å². The summed E-state index contributed by atoms with van der Waals surface area (Å²) in [5.74, 6) is -0.204. The lowest BCUT2D eigenvalue weighted by Gasteiger charge is -2.44. The van der Waals surface area contributed by atoms with Gasteiger partial charge in [-0.15, -0.1) is 0 Å². The molecular weight excluding hydrogens is 361 g/mol. The molecule has 1 aromatic carbocycles. The predicted octanol–water partition coefficient (Wildman–Crippen LogP) is 1.54. The molecule has 2 bridgehead atoms. The molecule has 0 saturated carbocycles. The Morgan fingerprint density at radius 1 is 1.33 bits per heavy atom. The van der Waals surface area contributed by atoms with Crippen LogP contribution in [0.15, 0.2) is 21.5 Å². The summed E-state index contributed by atoms with van der Waals surface area (Å²) >= 11 is 3.00.